The summed E-state index contributed by atoms with van der Waals surface area (Å²) in [6, 6.07) is 15.4. The topological polar surface area (TPSA) is 53.8 Å². The molecule has 0 bridgehead atoms. The molecule has 1 unspecified atom stereocenters. The van der Waals surface area contributed by atoms with E-state index in [1.807, 2.05) is 18.4 Å². The first kappa shape index (κ1) is 24.0. The third-order valence-electron chi connectivity index (χ3n) is 5.59. The summed E-state index contributed by atoms with van der Waals surface area (Å²) in [6.45, 7) is 6.27. The van der Waals surface area contributed by atoms with Gasteiger partial charge in [-0.2, -0.15) is 0 Å². The van der Waals surface area contributed by atoms with Crippen LogP contribution in [-0.4, -0.2) is 61.9 Å². The van der Waals surface area contributed by atoms with Crippen LogP contribution in [0.1, 0.15) is 17.3 Å². The maximum atomic E-state index is 5.54. The summed E-state index contributed by atoms with van der Waals surface area (Å²) in [7, 11) is 1.84. The summed E-state index contributed by atoms with van der Waals surface area (Å²) < 4.78 is 7.86. The van der Waals surface area contributed by atoms with E-state index >= 15 is 0 Å². The molecule has 168 valence electrons. The Hall–Kier alpha value is -1.62. The Morgan fingerprint density at radius 3 is 2.74 bits per heavy atom. The zero-order chi connectivity index (χ0) is 20.6. The minimum absolute atomic E-state index is 0. The summed E-state index contributed by atoms with van der Waals surface area (Å²) in [4.78, 5) is 8.31. The van der Waals surface area contributed by atoms with Gasteiger partial charge in [-0.3, -0.25) is 9.89 Å². The van der Waals surface area contributed by atoms with Crippen LogP contribution in [0.3, 0.4) is 0 Å². The van der Waals surface area contributed by atoms with Crippen molar-refractivity contribution in [3.63, 3.8) is 0 Å². The van der Waals surface area contributed by atoms with Crippen LogP contribution in [0.25, 0.3) is 10.9 Å². The molecule has 4 rings (SSSR count). The lowest BCUT2D eigenvalue weighted by molar-refractivity contribution is 0.0177. The molecule has 0 amide bonds. The Kier molecular flexibility index (Phi) is 9.63. The van der Waals surface area contributed by atoms with Crippen LogP contribution >= 0.6 is 35.3 Å². The number of rotatable bonds is 8. The minimum atomic E-state index is 0. The highest BCUT2D eigenvalue weighted by Gasteiger charge is 2.23. The molecule has 1 saturated heterocycles. The minimum Gasteiger partial charge on any atom is -0.379 e. The number of halogens is 1. The smallest absolute Gasteiger partial charge is 0.191 e. The van der Waals surface area contributed by atoms with Gasteiger partial charge in [-0.15, -0.1) is 35.3 Å². The lowest BCUT2D eigenvalue weighted by Gasteiger charge is -2.34. The molecule has 2 aromatic heterocycles. The van der Waals surface area contributed by atoms with E-state index in [9.17, 15) is 0 Å². The molecule has 31 heavy (non-hydrogen) atoms. The predicted molar refractivity (Wildman–Crippen MR) is 141 cm³/mol. The summed E-state index contributed by atoms with van der Waals surface area (Å²) in [5.74, 6) is 0.863. The number of nitrogens with one attached hydrogen (secondary N) is 2. The second kappa shape index (κ2) is 12.4. The van der Waals surface area contributed by atoms with E-state index in [1.54, 1.807) is 0 Å². The predicted octanol–water partition coefficient (Wildman–Crippen LogP) is 3.95. The molecule has 1 fully saturated rings. The molecule has 2 N–H and O–H groups in total. The zero-order valence-electron chi connectivity index (χ0n) is 18.0. The molecule has 1 aromatic carbocycles. The van der Waals surface area contributed by atoms with Crippen molar-refractivity contribution < 1.29 is 4.74 Å². The molecule has 3 aromatic rings. The monoisotopic (exact) mass is 553 g/mol. The van der Waals surface area contributed by atoms with Gasteiger partial charge in [0.15, 0.2) is 5.96 Å². The van der Waals surface area contributed by atoms with E-state index in [4.69, 9.17) is 4.74 Å². The van der Waals surface area contributed by atoms with Crippen LogP contribution in [0.2, 0.25) is 0 Å². The first-order chi connectivity index (χ1) is 14.8. The highest BCUT2D eigenvalue weighted by atomic mass is 127. The van der Waals surface area contributed by atoms with Gasteiger partial charge in [-0.05, 0) is 35.4 Å². The van der Waals surface area contributed by atoms with E-state index < -0.39 is 0 Å². The number of fused-ring (bicyclic) bond motifs is 1. The number of hydrogen-bond donors (Lipinski definition) is 2. The number of morpholine rings is 1. The van der Waals surface area contributed by atoms with Crippen molar-refractivity contribution in [3.05, 3.63) is 58.9 Å². The lowest BCUT2D eigenvalue weighted by atomic mass is 10.2. The molecule has 1 aliphatic rings. The van der Waals surface area contributed by atoms with E-state index in [2.05, 4.69) is 79.1 Å². The van der Waals surface area contributed by atoms with Gasteiger partial charge in [0.1, 0.15) is 0 Å². The van der Waals surface area contributed by atoms with Crippen LogP contribution in [0.5, 0.6) is 0 Å². The van der Waals surface area contributed by atoms with Gasteiger partial charge in [0.05, 0.1) is 19.3 Å². The van der Waals surface area contributed by atoms with Crippen molar-refractivity contribution in [2.45, 2.75) is 19.0 Å². The fraction of sp³-hybridized carbons (Fsp3) is 0.435. The number of aliphatic imine (C=N–C) groups is 1. The van der Waals surface area contributed by atoms with E-state index in [1.165, 1.54) is 15.8 Å². The van der Waals surface area contributed by atoms with Crippen LogP contribution < -0.4 is 10.6 Å². The molecular formula is C23H32IN5OS. The maximum absolute atomic E-state index is 5.54. The number of ether oxygens (including phenoxy) is 1. The van der Waals surface area contributed by atoms with E-state index in [0.29, 0.717) is 6.04 Å². The lowest BCUT2D eigenvalue weighted by Crippen LogP contribution is -2.46. The number of thiophene rings is 1. The van der Waals surface area contributed by atoms with Crippen molar-refractivity contribution in [3.8, 4) is 0 Å². The summed E-state index contributed by atoms with van der Waals surface area (Å²) in [5.41, 5.74) is 1.30. The number of aromatic nitrogens is 1. The van der Waals surface area contributed by atoms with Crippen molar-refractivity contribution in [2.75, 3.05) is 46.4 Å². The van der Waals surface area contributed by atoms with Gasteiger partial charge < -0.3 is 19.9 Å². The second-order valence-corrected chi connectivity index (χ2v) is 8.46. The van der Waals surface area contributed by atoms with Crippen LogP contribution in [0.15, 0.2) is 59.0 Å². The zero-order valence-corrected chi connectivity index (χ0v) is 21.1. The summed E-state index contributed by atoms with van der Waals surface area (Å²) in [6.07, 6.45) is 3.21. The van der Waals surface area contributed by atoms with Crippen molar-refractivity contribution in [1.82, 2.24) is 20.1 Å². The van der Waals surface area contributed by atoms with Crippen molar-refractivity contribution in [2.24, 2.45) is 4.99 Å². The molecule has 0 aliphatic carbocycles. The second-order valence-electron chi connectivity index (χ2n) is 7.48. The molecule has 0 saturated carbocycles. The van der Waals surface area contributed by atoms with Gasteiger partial charge in [0.25, 0.3) is 0 Å². The van der Waals surface area contributed by atoms with Crippen LogP contribution in [0.4, 0.5) is 0 Å². The van der Waals surface area contributed by atoms with E-state index in [-0.39, 0.29) is 24.0 Å². The van der Waals surface area contributed by atoms with Gasteiger partial charge in [0.2, 0.25) is 0 Å². The highest BCUT2D eigenvalue weighted by molar-refractivity contribution is 14.0. The van der Waals surface area contributed by atoms with Crippen molar-refractivity contribution in [1.29, 1.82) is 0 Å². The van der Waals surface area contributed by atoms with E-state index in [0.717, 1.165) is 58.3 Å². The van der Waals surface area contributed by atoms with Crippen LogP contribution in [-0.2, 0) is 11.3 Å². The fourth-order valence-electron chi connectivity index (χ4n) is 3.99. The fourth-order valence-corrected chi connectivity index (χ4v) is 4.85. The number of nitrogens with zero attached hydrogens (tertiary/aromatic N) is 3. The highest BCUT2D eigenvalue weighted by Crippen LogP contribution is 2.25. The number of hydrogen-bond acceptors (Lipinski definition) is 4. The molecule has 0 radical (unpaired) electrons. The molecule has 1 atom stereocenters. The Bertz CT molecular complexity index is 937. The Balaban J connectivity index is 0.00000272. The first-order valence-electron chi connectivity index (χ1n) is 10.7. The number of para-hydroxylation sites is 1. The number of guanidine groups is 1. The SMILES string of the molecule is CN=C(NCCCn1ccc2ccccc21)NCC(c1cccs1)N1CCOCC1.I. The molecule has 6 nitrogen and oxygen atoms in total. The quantitative estimate of drug-likeness (QED) is 0.192. The van der Waals surface area contributed by atoms with Crippen molar-refractivity contribution >= 4 is 52.2 Å². The average molecular weight is 554 g/mol. The normalized spacial score (nSPS) is 16.1. The number of aryl methyl sites for hydroxylation is 1. The third kappa shape index (κ3) is 6.44. The Labute approximate surface area is 205 Å². The molecule has 3 heterocycles. The molecule has 0 spiro atoms. The Morgan fingerprint density at radius 1 is 1.13 bits per heavy atom. The van der Waals surface area contributed by atoms with Gasteiger partial charge >= 0.3 is 0 Å². The van der Waals surface area contributed by atoms with Gasteiger partial charge in [-0.25, -0.2) is 0 Å². The summed E-state index contributed by atoms with van der Waals surface area (Å²) >= 11 is 1.82. The van der Waals surface area contributed by atoms with Crippen LogP contribution in [0, 0.1) is 0 Å². The van der Waals surface area contributed by atoms with Gasteiger partial charge in [0, 0.05) is 56.4 Å². The third-order valence-corrected chi connectivity index (χ3v) is 6.57. The first-order valence-corrected chi connectivity index (χ1v) is 11.6. The van der Waals surface area contributed by atoms with Gasteiger partial charge in [-0.1, -0.05) is 24.3 Å². The largest absolute Gasteiger partial charge is 0.379 e. The Morgan fingerprint density at radius 2 is 1.97 bits per heavy atom. The number of benzene rings is 1. The average Bonchev–Trinajstić information content (AvgIpc) is 3.47. The molecular weight excluding hydrogens is 521 g/mol. The summed E-state index contributed by atoms with van der Waals surface area (Å²) in [5, 5.41) is 10.5. The standard InChI is InChI=1S/C23H31N5OS.HI/c1-24-23(25-10-5-11-27-12-9-19-6-2-3-7-20(19)27)26-18-21(22-8-4-17-30-22)28-13-15-29-16-14-28;/h2-4,6-9,12,17,21H,5,10-11,13-16,18H2,1H3,(H2,24,25,26);1H. The maximum Gasteiger partial charge on any atom is 0.191 e. The molecule has 8 heteroatoms. The molecule has 1 aliphatic heterocycles.